The van der Waals surface area contributed by atoms with E-state index in [0.717, 1.165) is 11.8 Å². The van der Waals surface area contributed by atoms with Crippen molar-refractivity contribution in [1.82, 2.24) is 0 Å². The van der Waals surface area contributed by atoms with Crippen molar-refractivity contribution >= 4 is 0 Å². The Balaban J connectivity index is 2.04. The summed E-state index contributed by atoms with van der Waals surface area (Å²) in [5.74, 6) is 1.56. The van der Waals surface area contributed by atoms with E-state index in [0.29, 0.717) is 0 Å². The van der Waals surface area contributed by atoms with Gasteiger partial charge in [0, 0.05) is 5.41 Å². The van der Waals surface area contributed by atoms with Crippen LogP contribution in [0.5, 0.6) is 0 Å². The van der Waals surface area contributed by atoms with Crippen molar-refractivity contribution in [2.75, 3.05) is 0 Å². The van der Waals surface area contributed by atoms with Crippen LogP contribution in [0.1, 0.15) is 66.2 Å². The highest BCUT2D eigenvalue weighted by molar-refractivity contribution is 5.26. The van der Waals surface area contributed by atoms with Gasteiger partial charge in [-0.1, -0.05) is 39.5 Å². The summed E-state index contributed by atoms with van der Waals surface area (Å²) in [4.78, 5) is 0. The van der Waals surface area contributed by atoms with Crippen LogP contribution in [-0.4, -0.2) is 11.1 Å². The minimum Gasteiger partial charge on any atom is -0.186 e. The van der Waals surface area contributed by atoms with Crippen molar-refractivity contribution in [1.29, 1.82) is 0 Å². The number of rotatable bonds is 0. The second-order valence-corrected chi connectivity index (χ2v) is 7.32. The third-order valence-corrected chi connectivity index (χ3v) is 6.71. The molecule has 1 heterocycles. The van der Waals surface area contributed by atoms with Crippen LogP contribution in [0.2, 0.25) is 0 Å². The van der Waals surface area contributed by atoms with Gasteiger partial charge in [0.05, 0.1) is 11.1 Å². The SMILES string of the molecule is CC1(C)[C@@]2(C)N=N[C@]1(C)[C@@H]1CCCCCC[C@@H]12. The lowest BCUT2D eigenvalue weighted by molar-refractivity contribution is 0.173. The van der Waals surface area contributed by atoms with Crippen LogP contribution in [-0.2, 0) is 0 Å². The molecule has 0 spiro atoms. The summed E-state index contributed by atoms with van der Waals surface area (Å²) < 4.78 is 0. The highest BCUT2D eigenvalue weighted by Crippen LogP contribution is 2.68. The Hall–Kier alpha value is -0.400. The molecule has 2 aliphatic carbocycles. The van der Waals surface area contributed by atoms with Crippen LogP contribution < -0.4 is 0 Å². The minimum atomic E-state index is 0.101. The summed E-state index contributed by atoms with van der Waals surface area (Å²) in [6, 6.07) is 0. The van der Waals surface area contributed by atoms with Gasteiger partial charge in [0.25, 0.3) is 0 Å². The molecule has 0 aromatic rings. The molecule has 96 valence electrons. The molecule has 0 N–H and O–H groups in total. The van der Waals surface area contributed by atoms with E-state index >= 15 is 0 Å². The first-order valence-corrected chi connectivity index (χ1v) is 7.37. The maximum Gasteiger partial charge on any atom is 0.0894 e. The normalized spacial score (nSPS) is 52.0. The molecule has 0 saturated heterocycles. The zero-order valence-corrected chi connectivity index (χ0v) is 11.8. The molecule has 3 rings (SSSR count). The maximum atomic E-state index is 4.74. The first kappa shape index (κ1) is 11.7. The summed E-state index contributed by atoms with van der Waals surface area (Å²) in [6.45, 7) is 9.54. The molecular weight excluding hydrogens is 208 g/mol. The lowest BCUT2D eigenvalue weighted by Crippen LogP contribution is -2.43. The minimum absolute atomic E-state index is 0.101. The van der Waals surface area contributed by atoms with E-state index in [4.69, 9.17) is 10.2 Å². The Morgan fingerprint density at radius 2 is 1.12 bits per heavy atom. The number of hydrogen-bond donors (Lipinski definition) is 0. The standard InChI is InChI=1S/C15H26N2/c1-13(2)14(3)11-9-7-5-6-8-10-12(11)15(13,4)17-16-14/h11-12H,5-10H2,1-4H3/t11-,12+,14-,15+. The Bertz CT molecular complexity index is 328. The quantitative estimate of drug-likeness (QED) is 0.585. The first-order valence-electron chi connectivity index (χ1n) is 7.37. The summed E-state index contributed by atoms with van der Waals surface area (Å²) in [7, 11) is 0. The highest BCUT2D eigenvalue weighted by Gasteiger charge is 2.72. The van der Waals surface area contributed by atoms with Gasteiger partial charge in [-0.15, -0.1) is 0 Å². The summed E-state index contributed by atoms with van der Waals surface area (Å²) in [5, 5.41) is 9.48. The third-order valence-electron chi connectivity index (χ3n) is 6.71. The summed E-state index contributed by atoms with van der Waals surface area (Å²) in [5.41, 5.74) is 0.438. The number of fused-ring (bicyclic) bond motifs is 5. The van der Waals surface area contributed by atoms with E-state index in [-0.39, 0.29) is 16.5 Å². The van der Waals surface area contributed by atoms with Gasteiger partial charge in [0.15, 0.2) is 0 Å². The van der Waals surface area contributed by atoms with Crippen molar-refractivity contribution < 1.29 is 0 Å². The van der Waals surface area contributed by atoms with E-state index in [1.165, 1.54) is 38.5 Å². The van der Waals surface area contributed by atoms with Gasteiger partial charge >= 0.3 is 0 Å². The molecule has 4 atom stereocenters. The van der Waals surface area contributed by atoms with Gasteiger partial charge < -0.3 is 0 Å². The van der Waals surface area contributed by atoms with Crippen LogP contribution in [0.15, 0.2) is 10.2 Å². The predicted octanol–water partition coefficient (Wildman–Crippen LogP) is 4.60. The molecule has 2 fully saturated rings. The molecule has 0 unspecified atom stereocenters. The van der Waals surface area contributed by atoms with Crippen LogP contribution in [0, 0.1) is 17.3 Å². The Labute approximate surface area is 105 Å². The molecule has 0 radical (unpaired) electrons. The summed E-state index contributed by atoms with van der Waals surface area (Å²) in [6.07, 6.45) is 8.40. The lowest BCUT2D eigenvalue weighted by Gasteiger charge is -2.36. The molecule has 1 aliphatic heterocycles. The predicted molar refractivity (Wildman–Crippen MR) is 70.1 cm³/mol. The summed E-state index contributed by atoms with van der Waals surface area (Å²) >= 11 is 0. The van der Waals surface area contributed by atoms with Crippen molar-refractivity contribution in [3.05, 3.63) is 0 Å². The lowest BCUT2D eigenvalue weighted by atomic mass is 9.68. The van der Waals surface area contributed by atoms with Gasteiger partial charge in [-0.2, -0.15) is 10.2 Å². The third kappa shape index (κ3) is 1.17. The van der Waals surface area contributed by atoms with Crippen molar-refractivity contribution in [2.24, 2.45) is 27.5 Å². The molecule has 2 nitrogen and oxygen atoms in total. The Kier molecular flexibility index (Phi) is 2.29. The number of nitrogens with zero attached hydrogens (tertiary/aromatic N) is 2. The van der Waals surface area contributed by atoms with E-state index < -0.39 is 0 Å². The van der Waals surface area contributed by atoms with Gasteiger partial charge in [0.2, 0.25) is 0 Å². The van der Waals surface area contributed by atoms with E-state index in [1.54, 1.807) is 0 Å². The molecule has 0 aromatic carbocycles. The van der Waals surface area contributed by atoms with Gasteiger partial charge in [-0.05, 0) is 38.5 Å². The van der Waals surface area contributed by atoms with Gasteiger partial charge in [0.1, 0.15) is 0 Å². The first-order chi connectivity index (χ1) is 7.93. The highest BCUT2D eigenvalue weighted by atomic mass is 15.3. The smallest absolute Gasteiger partial charge is 0.0894 e. The zero-order chi connectivity index (χ0) is 12.3. The average molecular weight is 234 g/mol. The second kappa shape index (κ2) is 3.33. The molecule has 17 heavy (non-hydrogen) atoms. The fourth-order valence-electron chi connectivity index (χ4n) is 4.88. The second-order valence-electron chi connectivity index (χ2n) is 7.32. The van der Waals surface area contributed by atoms with Crippen molar-refractivity contribution in [3.63, 3.8) is 0 Å². The van der Waals surface area contributed by atoms with Crippen LogP contribution in [0.4, 0.5) is 0 Å². The van der Waals surface area contributed by atoms with Crippen LogP contribution in [0.3, 0.4) is 0 Å². The fourth-order valence-corrected chi connectivity index (χ4v) is 4.88. The molecule has 3 aliphatic rings. The van der Waals surface area contributed by atoms with Gasteiger partial charge in [-0.3, -0.25) is 0 Å². The molecule has 2 saturated carbocycles. The van der Waals surface area contributed by atoms with Gasteiger partial charge in [-0.25, -0.2) is 0 Å². The van der Waals surface area contributed by atoms with Crippen LogP contribution >= 0.6 is 0 Å². The maximum absolute atomic E-state index is 4.74. The monoisotopic (exact) mass is 234 g/mol. The fraction of sp³-hybridized carbons (Fsp3) is 1.00. The number of azo groups is 1. The Morgan fingerprint density at radius 3 is 1.53 bits per heavy atom. The molecular formula is C15H26N2. The molecule has 0 aromatic heterocycles. The topological polar surface area (TPSA) is 24.7 Å². The largest absolute Gasteiger partial charge is 0.186 e. The molecule has 2 bridgehead atoms. The molecule has 0 amide bonds. The number of hydrogen-bond acceptors (Lipinski definition) is 2. The van der Waals surface area contributed by atoms with E-state index in [2.05, 4.69) is 27.7 Å². The van der Waals surface area contributed by atoms with Crippen molar-refractivity contribution in [2.45, 2.75) is 77.3 Å². The Morgan fingerprint density at radius 1 is 0.706 bits per heavy atom. The average Bonchev–Trinajstić information content (AvgIpc) is 2.45. The molecule has 2 heteroatoms. The van der Waals surface area contributed by atoms with E-state index in [9.17, 15) is 0 Å². The zero-order valence-electron chi connectivity index (χ0n) is 11.8. The van der Waals surface area contributed by atoms with E-state index in [1.807, 2.05) is 0 Å². The van der Waals surface area contributed by atoms with Crippen LogP contribution in [0.25, 0.3) is 0 Å². The van der Waals surface area contributed by atoms with Crippen molar-refractivity contribution in [3.8, 4) is 0 Å².